The van der Waals surface area contributed by atoms with Crippen molar-refractivity contribution in [2.75, 3.05) is 12.4 Å². The highest BCUT2D eigenvalue weighted by atomic mass is 35.5. The number of anilines is 1. The smallest absolute Gasteiger partial charge is 0.307 e. The molecule has 0 saturated carbocycles. The monoisotopic (exact) mass is 309 g/mol. The zero-order valence-electron chi connectivity index (χ0n) is 11.5. The molecule has 0 saturated heterocycles. The molecule has 2 N–H and O–H groups in total. The van der Waals surface area contributed by atoms with Crippen LogP contribution in [0.2, 0.25) is 5.02 Å². The third-order valence-corrected chi connectivity index (χ3v) is 3.80. The van der Waals surface area contributed by atoms with Gasteiger partial charge < -0.3 is 15.2 Å². The molecular formula is C15H16ClNO4. The fourth-order valence-electron chi connectivity index (χ4n) is 2.36. The van der Waals surface area contributed by atoms with Gasteiger partial charge >= 0.3 is 5.97 Å². The number of methoxy groups -OCH3 is 1. The summed E-state index contributed by atoms with van der Waals surface area (Å²) in [7, 11) is 1.51. The molecule has 0 radical (unpaired) electrons. The number of hydrogen-bond donors (Lipinski definition) is 2. The SMILES string of the molecule is COc1ccc(NC(=O)[C@H]2CC=CC[C@H]2C(=O)O)cc1Cl. The lowest BCUT2D eigenvalue weighted by molar-refractivity contribution is -0.146. The zero-order chi connectivity index (χ0) is 15.4. The largest absolute Gasteiger partial charge is 0.495 e. The first-order valence-electron chi connectivity index (χ1n) is 6.55. The van der Waals surface area contributed by atoms with E-state index >= 15 is 0 Å². The molecule has 0 heterocycles. The van der Waals surface area contributed by atoms with Crippen molar-refractivity contribution >= 4 is 29.2 Å². The molecule has 1 amide bonds. The molecule has 2 atom stereocenters. The molecule has 1 aromatic rings. The maximum absolute atomic E-state index is 12.3. The Morgan fingerprint density at radius 3 is 2.52 bits per heavy atom. The van der Waals surface area contributed by atoms with Gasteiger partial charge in [0.15, 0.2) is 0 Å². The molecule has 5 nitrogen and oxygen atoms in total. The minimum atomic E-state index is -0.952. The normalized spacial score (nSPS) is 20.9. The molecule has 1 aliphatic rings. The van der Waals surface area contributed by atoms with Gasteiger partial charge in [0.1, 0.15) is 5.75 Å². The summed E-state index contributed by atoms with van der Waals surface area (Å²) in [6.07, 6.45) is 4.43. The zero-order valence-corrected chi connectivity index (χ0v) is 12.3. The van der Waals surface area contributed by atoms with Gasteiger partial charge in [0, 0.05) is 5.69 Å². The fourth-order valence-corrected chi connectivity index (χ4v) is 2.61. The van der Waals surface area contributed by atoms with Crippen LogP contribution < -0.4 is 10.1 Å². The van der Waals surface area contributed by atoms with Crippen LogP contribution in [0.15, 0.2) is 30.4 Å². The van der Waals surface area contributed by atoms with E-state index in [-0.39, 0.29) is 5.91 Å². The van der Waals surface area contributed by atoms with Crippen molar-refractivity contribution < 1.29 is 19.4 Å². The highest BCUT2D eigenvalue weighted by Gasteiger charge is 2.33. The summed E-state index contributed by atoms with van der Waals surface area (Å²) < 4.78 is 5.04. The Balaban J connectivity index is 2.11. The summed E-state index contributed by atoms with van der Waals surface area (Å²) >= 11 is 6.00. The summed E-state index contributed by atoms with van der Waals surface area (Å²) in [5, 5.41) is 12.3. The van der Waals surface area contributed by atoms with Gasteiger partial charge in [0.05, 0.1) is 24.0 Å². The Bertz CT molecular complexity index is 585. The number of carbonyl (C=O) groups excluding carboxylic acids is 1. The molecule has 2 rings (SSSR count). The highest BCUT2D eigenvalue weighted by molar-refractivity contribution is 6.32. The van der Waals surface area contributed by atoms with E-state index in [0.717, 1.165) is 0 Å². The number of hydrogen-bond acceptors (Lipinski definition) is 3. The quantitative estimate of drug-likeness (QED) is 0.838. The predicted octanol–water partition coefficient (Wildman–Crippen LogP) is 2.95. The van der Waals surface area contributed by atoms with Crippen LogP contribution in [0.1, 0.15) is 12.8 Å². The van der Waals surface area contributed by atoms with E-state index in [1.807, 2.05) is 6.08 Å². The number of nitrogens with one attached hydrogen (secondary N) is 1. The van der Waals surface area contributed by atoms with Gasteiger partial charge in [-0.3, -0.25) is 9.59 Å². The van der Waals surface area contributed by atoms with Gasteiger partial charge in [-0.2, -0.15) is 0 Å². The second-order valence-corrected chi connectivity index (χ2v) is 5.24. The Morgan fingerprint density at radius 1 is 1.29 bits per heavy atom. The summed E-state index contributed by atoms with van der Waals surface area (Å²) in [5.41, 5.74) is 0.518. The molecular weight excluding hydrogens is 294 g/mol. The molecule has 0 aliphatic heterocycles. The number of carboxylic acid groups (broad SMARTS) is 1. The van der Waals surface area contributed by atoms with E-state index in [1.54, 1.807) is 24.3 Å². The minimum Gasteiger partial charge on any atom is -0.495 e. The van der Waals surface area contributed by atoms with E-state index in [1.165, 1.54) is 7.11 Å². The van der Waals surface area contributed by atoms with Crippen molar-refractivity contribution in [3.63, 3.8) is 0 Å². The number of amides is 1. The molecule has 0 spiro atoms. The molecule has 0 fully saturated rings. The summed E-state index contributed by atoms with van der Waals surface area (Å²) in [6.45, 7) is 0. The standard InChI is InChI=1S/C15H16ClNO4/c1-21-13-7-6-9(8-12(13)16)17-14(18)10-4-2-3-5-11(10)15(19)20/h2-3,6-8,10-11H,4-5H2,1H3,(H,17,18)(H,19,20)/t10-,11+/m0/s1. The highest BCUT2D eigenvalue weighted by Crippen LogP contribution is 2.30. The van der Waals surface area contributed by atoms with Gasteiger partial charge in [-0.1, -0.05) is 23.8 Å². The Kier molecular flexibility index (Phi) is 4.85. The first-order valence-corrected chi connectivity index (χ1v) is 6.93. The molecule has 1 aliphatic carbocycles. The minimum absolute atomic E-state index is 0.312. The van der Waals surface area contributed by atoms with Crippen LogP contribution in [-0.4, -0.2) is 24.1 Å². The summed E-state index contributed by atoms with van der Waals surface area (Å²) in [5.74, 6) is -2.02. The first kappa shape index (κ1) is 15.4. The fraction of sp³-hybridized carbons (Fsp3) is 0.333. The van der Waals surface area contributed by atoms with Crippen LogP contribution in [0.25, 0.3) is 0 Å². The number of ether oxygens (including phenoxy) is 1. The predicted molar refractivity (Wildman–Crippen MR) is 79.6 cm³/mol. The summed E-state index contributed by atoms with van der Waals surface area (Å²) in [4.78, 5) is 23.5. The lowest BCUT2D eigenvalue weighted by Crippen LogP contribution is -2.34. The van der Waals surface area contributed by atoms with Crippen molar-refractivity contribution in [3.8, 4) is 5.75 Å². The van der Waals surface area contributed by atoms with Crippen LogP contribution >= 0.6 is 11.6 Å². The van der Waals surface area contributed by atoms with Crippen molar-refractivity contribution in [2.24, 2.45) is 11.8 Å². The number of aliphatic carboxylic acids is 1. The Labute approximate surface area is 127 Å². The number of rotatable bonds is 4. The van der Waals surface area contributed by atoms with E-state index in [4.69, 9.17) is 16.3 Å². The second-order valence-electron chi connectivity index (χ2n) is 4.83. The van der Waals surface area contributed by atoms with Gasteiger partial charge in [-0.25, -0.2) is 0 Å². The lowest BCUT2D eigenvalue weighted by Gasteiger charge is -2.24. The van der Waals surface area contributed by atoms with E-state index in [9.17, 15) is 14.7 Å². The number of carboxylic acids is 1. The Hall–Kier alpha value is -2.01. The van der Waals surface area contributed by atoms with Crippen molar-refractivity contribution in [1.29, 1.82) is 0 Å². The average molecular weight is 310 g/mol. The van der Waals surface area contributed by atoms with E-state index < -0.39 is 17.8 Å². The molecule has 0 bridgehead atoms. The molecule has 1 aromatic carbocycles. The van der Waals surface area contributed by atoms with Crippen LogP contribution in [0.3, 0.4) is 0 Å². The first-order chi connectivity index (χ1) is 10.0. The van der Waals surface area contributed by atoms with Crippen molar-refractivity contribution in [2.45, 2.75) is 12.8 Å². The average Bonchev–Trinajstić information content (AvgIpc) is 2.47. The van der Waals surface area contributed by atoms with Gasteiger partial charge in [0.2, 0.25) is 5.91 Å². The van der Waals surface area contributed by atoms with Gasteiger partial charge in [-0.05, 0) is 31.0 Å². The number of benzene rings is 1. The van der Waals surface area contributed by atoms with E-state index in [0.29, 0.717) is 29.3 Å². The second kappa shape index (κ2) is 6.63. The molecule has 0 aromatic heterocycles. The maximum Gasteiger partial charge on any atom is 0.307 e. The maximum atomic E-state index is 12.3. The molecule has 0 unspecified atom stereocenters. The van der Waals surface area contributed by atoms with Gasteiger partial charge in [0.25, 0.3) is 0 Å². The molecule has 6 heteroatoms. The summed E-state index contributed by atoms with van der Waals surface area (Å²) in [6, 6.07) is 4.89. The lowest BCUT2D eigenvalue weighted by atomic mass is 9.82. The number of allylic oxidation sites excluding steroid dienone is 2. The van der Waals surface area contributed by atoms with Crippen molar-refractivity contribution in [3.05, 3.63) is 35.4 Å². The van der Waals surface area contributed by atoms with Crippen LogP contribution in [0.5, 0.6) is 5.75 Å². The Morgan fingerprint density at radius 2 is 1.95 bits per heavy atom. The molecule has 112 valence electrons. The third-order valence-electron chi connectivity index (χ3n) is 3.51. The van der Waals surface area contributed by atoms with Crippen LogP contribution in [0, 0.1) is 11.8 Å². The van der Waals surface area contributed by atoms with Crippen LogP contribution in [0.4, 0.5) is 5.69 Å². The third kappa shape index (κ3) is 3.55. The number of carbonyl (C=O) groups is 2. The topological polar surface area (TPSA) is 75.6 Å². The van der Waals surface area contributed by atoms with E-state index in [2.05, 4.69) is 5.32 Å². The van der Waals surface area contributed by atoms with Crippen molar-refractivity contribution in [1.82, 2.24) is 0 Å². The van der Waals surface area contributed by atoms with Gasteiger partial charge in [-0.15, -0.1) is 0 Å². The number of halogens is 1. The molecule has 21 heavy (non-hydrogen) atoms. The van der Waals surface area contributed by atoms with Crippen LogP contribution in [-0.2, 0) is 9.59 Å².